The number of carbonyl (C=O) groups is 1. The Kier molecular flexibility index (Phi) is 8.38. The number of hydrogen-bond donors (Lipinski definition) is 1. The molecule has 0 aromatic heterocycles. The lowest BCUT2D eigenvalue weighted by Gasteiger charge is -2.19. The highest BCUT2D eigenvalue weighted by molar-refractivity contribution is 7.94. The zero-order chi connectivity index (χ0) is 26.4. The first-order chi connectivity index (χ1) is 17.7. The van der Waals surface area contributed by atoms with E-state index in [4.69, 9.17) is 10.00 Å². The van der Waals surface area contributed by atoms with Gasteiger partial charge in [-0.1, -0.05) is 24.3 Å². The molecule has 6 nitrogen and oxygen atoms in total. The number of methoxy groups -OCH3 is 1. The van der Waals surface area contributed by atoms with Crippen LogP contribution in [-0.2, 0) is 25.7 Å². The molecule has 4 rings (SSSR count). The Balaban J connectivity index is 1.41. The lowest BCUT2D eigenvalue weighted by molar-refractivity contribution is -0.137. The molecule has 3 aromatic rings. The number of amides is 1. The van der Waals surface area contributed by atoms with Crippen molar-refractivity contribution in [2.45, 2.75) is 25.7 Å². The van der Waals surface area contributed by atoms with E-state index in [-0.39, 0.29) is 5.91 Å². The van der Waals surface area contributed by atoms with Gasteiger partial charge in [-0.3, -0.25) is 4.79 Å². The molecular weight excluding hydrogens is 501 g/mol. The number of hydrogen-bond acceptors (Lipinski definition) is 6. The van der Waals surface area contributed by atoms with Crippen LogP contribution in [0.3, 0.4) is 0 Å². The first-order valence-electron chi connectivity index (χ1n) is 11.5. The van der Waals surface area contributed by atoms with Crippen LogP contribution in [0.5, 0.6) is 5.75 Å². The molecule has 0 aliphatic carbocycles. The van der Waals surface area contributed by atoms with Gasteiger partial charge in [0.05, 0.1) is 25.2 Å². The van der Waals surface area contributed by atoms with Gasteiger partial charge >= 0.3 is 6.18 Å². The van der Waals surface area contributed by atoms with Crippen molar-refractivity contribution in [2.75, 3.05) is 25.5 Å². The average Bonchev–Trinajstić information content (AvgIpc) is 3.31. The Morgan fingerprint density at radius 2 is 1.65 bits per heavy atom. The number of nitrogens with zero attached hydrogens (tertiary/aromatic N) is 3. The van der Waals surface area contributed by atoms with E-state index >= 15 is 0 Å². The molecular formula is C27H25F3N4O2S. The lowest BCUT2D eigenvalue weighted by atomic mass is 10.1. The molecule has 10 heteroatoms. The molecule has 1 fully saturated rings. The fourth-order valence-electron chi connectivity index (χ4n) is 3.92. The highest BCUT2D eigenvalue weighted by atomic mass is 32.2. The number of halogens is 3. The van der Waals surface area contributed by atoms with Gasteiger partial charge in [-0.2, -0.15) is 18.4 Å². The third kappa shape index (κ3) is 7.04. The predicted molar refractivity (Wildman–Crippen MR) is 137 cm³/mol. The third-order valence-corrected chi connectivity index (χ3v) is 6.95. The second kappa shape index (κ2) is 11.7. The number of benzene rings is 3. The van der Waals surface area contributed by atoms with Crippen LogP contribution in [0.1, 0.15) is 32.6 Å². The number of nitriles is 1. The molecule has 1 heterocycles. The fraction of sp³-hybridized carbons (Fsp3) is 0.259. The predicted octanol–water partition coefficient (Wildman–Crippen LogP) is 5.91. The molecule has 1 saturated heterocycles. The fourth-order valence-corrected chi connectivity index (χ4v) is 4.98. The van der Waals surface area contributed by atoms with Gasteiger partial charge in [-0.15, -0.1) is 0 Å². The second-order valence-corrected chi connectivity index (χ2v) is 9.71. The Morgan fingerprint density at radius 3 is 2.27 bits per heavy atom. The van der Waals surface area contributed by atoms with Crippen molar-refractivity contribution < 1.29 is 22.7 Å². The molecule has 37 heavy (non-hydrogen) atoms. The first kappa shape index (κ1) is 26.5. The van der Waals surface area contributed by atoms with Crippen LogP contribution in [0.15, 0.2) is 66.7 Å². The summed E-state index contributed by atoms with van der Waals surface area (Å²) >= 11 is 1.50. The van der Waals surface area contributed by atoms with Crippen LogP contribution in [0.2, 0.25) is 0 Å². The average molecular weight is 527 g/mol. The van der Waals surface area contributed by atoms with Crippen molar-refractivity contribution in [3.05, 3.63) is 94.5 Å². The zero-order valence-electron chi connectivity index (χ0n) is 20.1. The van der Waals surface area contributed by atoms with E-state index in [9.17, 15) is 18.0 Å². The summed E-state index contributed by atoms with van der Waals surface area (Å²) < 4.78 is 48.0. The van der Waals surface area contributed by atoms with Gasteiger partial charge in [-0.05, 0) is 59.2 Å². The van der Waals surface area contributed by atoms with E-state index in [2.05, 4.69) is 20.0 Å². The zero-order valence-corrected chi connectivity index (χ0v) is 20.9. The van der Waals surface area contributed by atoms with Crippen molar-refractivity contribution in [1.82, 2.24) is 8.61 Å². The lowest BCUT2D eigenvalue weighted by Crippen LogP contribution is -2.18. The highest BCUT2D eigenvalue weighted by Crippen LogP contribution is 2.32. The summed E-state index contributed by atoms with van der Waals surface area (Å²) in [5.41, 5.74) is 2.95. The summed E-state index contributed by atoms with van der Waals surface area (Å²) in [5.74, 6) is 0.384. The van der Waals surface area contributed by atoms with E-state index in [1.807, 2.05) is 6.07 Å². The second-order valence-electron chi connectivity index (χ2n) is 8.51. The molecule has 0 atom stereocenters. The molecule has 1 aliphatic heterocycles. The standard InChI is InChI=1S/C27H25F3N4O2S/c1-36-24-10-11-25(26(35)32-23-8-4-19(5-9-23)12-13-31)21(16-24)18-34-15-14-33(37-34)17-20-2-6-22(7-3-20)27(28,29)30/h2-11,16H,12,14-15,17-18H2,1H3,(H,32,35). The summed E-state index contributed by atoms with van der Waals surface area (Å²) in [6.45, 7) is 2.44. The minimum Gasteiger partial charge on any atom is -0.497 e. The van der Waals surface area contributed by atoms with Crippen molar-refractivity contribution in [3.8, 4) is 11.8 Å². The number of nitrogens with one attached hydrogen (secondary N) is 1. The smallest absolute Gasteiger partial charge is 0.416 e. The monoisotopic (exact) mass is 526 g/mol. The Morgan fingerprint density at radius 1 is 1.00 bits per heavy atom. The van der Waals surface area contributed by atoms with E-state index < -0.39 is 11.7 Å². The van der Waals surface area contributed by atoms with E-state index in [1.54, 1.807) is 43.5 Å². The van der Waals surface area contributed by atoms with Gasteiger partial charge in [-0.25, -0.2) is 8.61 Å². The van der Waals surface area contributed by atoms with Crippen molar-refractivity contribution in [2.24, 2.45) is 0 Å². The van der Waals surface area contributed by atoms with Gasteiger partial charge in [0, 0.05) is 49.6 Å². The number of ether oxygens (including phenoxy) is 1. The molecule has 1 N–H and O–H groups in total. The molecule has 0 saturated carbocycles. The molecule has 0 spiro atoms. The SMILES string of the molecule is COc1ccc(C(=O)Nc2ccc(CC#N)cc2)c(CN2CCN(Cc3ccc(C(F)(F)F)cc3)S2)c1. The van der Waals surface area contributed by atoms with E-state index in [0.29, 0.717) is 36.5 Å². The molecule has 1 aliphatic rings. The van der Waals surface area contributed by atoms with Crippen LogP contribution < -0.4 is 10.1 Å². The summed E-state index contributed by atoms with van der Waals surface area (Å²) in [5, 5.41) is 11.7. The normalized spacial score (nSPS) is 14.4. The van der Waals surface area contributed by atoms with Crippen molar-refractivity contribution >= 4 is 23.7 Å². The first-order valence-corrected chi connectivity index (χ1v) is 12.3. The van der Waals surface area contributed by atoms with Crippen molar-refractivity contribution in [3.63, 3.8) is 0 Å². The maximum atomic E-state index is 13.1. The number of rotatable bonds is 8. The minimum absolute atomic E-state index is 0.253. The van der Waals surface area contributed by atoms with Gasteiger partial charge in [0.25, 0.3) is 5.91 Å². The largest absolute Gasteiger partial charge is 0.497 e. The van der Waals surface area contributed by atoms with E-state index in [0.717, 1.165) is 41.9 Å². The maximum Gasteiger partial charge on any atom is 0.416 e. The number of alkyl halides is 3. The maximum absolute atomic E-state index is 13.1. The Bertz CT molecular complexity index is 1270. The summed E-state index contributed by atoms with van der Waals surface area (Å²) in [6.07, 6.45) is -4.04. The molecule has 1 amide bonds. The summed E-state index contributed by atoms with van der Waals surface area (Å²) in [4.78, 5) is 13.1. The third-order valence-electron chi connectivity index (χ3n) is 5.87. The van der Waals surface area contributed by atoms with Crippen LogP contribution in [0, 0.1) is 11.3 Å². The Labute approximate surface area is 217 Å². The summed E-state index contributed by atoms with van der Waals surface area (Å²) in [7, 11) is 1.57. The quantitative estimate of drug-likeness (QED) is 0.368. The number of carbonyl (C=O) groups excluding carboxylic acids is 1. The van der Waals surface area contributed by atoms with E-state index in [1.165, 1.54) is 24.3 Å². The molecule has 3 aromatic carbocycles. The van der Waals surface area contributed by atoms with Gasteiger partial charge < -0.3 is 10.1 Å². The molecule has 192 valence electrons. The molecule has 0 unspecified atom stereocenters. The highest BCUT2D eigenvalue weighted by Gasteiger charge is 2.30. The Hall–Kier alpha value is -3.52. The number of anilines is 1. The topological polar surface area (TPSA) is 68.6 Å². The van der Waals surface area contributed by atoms with Crippen LogP contribution in [-0.4, -0.2) is 34.7 Å². The van der Waals surface area contributed by atoms with Crippen LogP contribution in [0.25, 0.3) is 0 Å². The molecule has 0 radical (unpaired) electrons. The van der Waals surface area contributed by atoms with Crippen molar-refractivity contribution in [1.29, 1.82) is 5.26 Å². The van der Waals surface area contributed by atoms with Gasteiger partial charge in [0.15, 0.2) is 0 Å². The van der Waals surface area contributed by atoms with Gasteiger partial charge in [0.2, 0.25) is 0 Å². The summed E-state index contributed by atoms with van der Waals surface area (Å²) in [6, 6.07) is 19.8. The van der Waals surface area contributed by atoms with Gasteiger partial charge in [0.1, 0.15) is 5.75 Å². The minimum atomic E-state index is -4.35. The molecule has 0 bridgehead atoms. The van der Waals surface area contributed by atoms with Crippen LogP contribution in [0.4, 0.5) is 18.9 Å². The van der Waals surface area contributed by atoms with Crippen LogP contribution >= 0.6 is 12.1 Å².